The van der Waals surface area contributed by atoms with Gasteiger partial charge in [-0.25, -0.2) is 4.98 Å². The molecule has 0 N–H and O–H groups in total. The van der Waals surface area contributed by atoms with Crippen molar-refractivity contribution in [2.24, 2.45) is 0 Å². The predicted molar refractivity (Wildman–Crippen MR) is 94.7 cm³/mol. The first-order valence-corrected chi connectivity index (χ1v) is 8.95. The van der Waals surface area contributed by atoms with E-state index in [9.17, 15) is 5.26 Å². The molecule has 0 bridgehead atoms. The maximum Gasteiger partial charge on any atom is 0.116 e. The highest BCUT2D eigenvalue weighted by molar-refractivity contribution is 7.98. The zero-order chi connectivity index (χ0) is 15.5. The van der Waals surface area contributed by atoms with E-state index in [1.807, 2.05) is 37.6 Å². The number of nitrogens with zero attached hydrogens (tertiary/aromatic N) is 3. The normalized spacial score (nSPS) is 10.6. The van der Waals surface area contributed by atoms with Crippen LogP contribution in [0.25, 0.3) is 10.9 Å². The van der Waals surface area contributed by atoms with E-state index >= 15 is 0 Å². The fraction of sp³-hybridized carbons (Fsp3) is 0.176. The van der Waals surface area contributed by atoms with Gasteiger partial charge in [0.25, 0.3) is 0 Å². The number of thioether (sulfide) groups is 1. The van der Waals surface area contributed by atoms with Gasteiger partial charge in [-0.3, -0.25) is 0 Å². The van der Waals surface area contributed by atoms with Crippen molar-refractivity contribution in [2.75, 3.05) is 18.2 Å². The van der Waals surface area contributed by atoms with Gasteiger partial charge in [-0.2, -0.15) is 5.26 Å². The van der Waals surface area contributed by atoms with Gasteiger partial charge in [-0.1, -0.05) is 24.3 Å². The van der Waals surface area contributed by atoms with Gasteiger partial charge in [0.15, 0.2) is 0 Å². The summed E-state index contributed by atoms with van der Waals surface area (Å²) in [4.78, 5) is 8.04. The summed E-state index contributed by atoms with van der Waals surface area (Å²) in [5.41, 5.74) is 2.55. The molecule has 3 aromatic rings. The Hall–Kier alpha value is -2.03. The maximum atomic E-state index is 9.64. The third-order valence-electron chi connectivity index (χ3n) is 3.49. The monoisotopic (exact) mass is 325 g/mol. The number of fused-ring (bicyclic) bond motifs is 1. The average molecular weight is 325 g/mol. The minimum absolute atomic E-state index is 0.658. The molecule has 110 valence electrons. The van der Waals surface area contributed by atoms with Crippen LogP contribution in [0, 0.1) is 11.3 Å². The first-order valence-electron chi connectivity index (χ1n) is 6.85. The van der Waals surface area contributed by atoms with Crippen molar-refractivity contribution < 1.29 is 0 Å². The first kappa shape index (κ1) is 14.9. The quantitative estimate of drug-likeness (QED) is 0.661. The van der Waals surface area contributed by atoms with Crippen LogP contribution in [-0.2, 0) is 6.54 Å². The average Bonchev–Trinajstić information content (AvgIpc) is 3.05. The molecular formula is C17H15N3S2. The van der Waals surface area contributed by atoms with Crippen LogP contribution >= 0.6 is 23.1 Å². The molecule has 0 fully saturated rings. The fourth-order valence-electron chi connectivity index (χ4n) is 2.53. The van der Waals surface area contributed by atoms with Crippen LogP contribution in [0.2, 0.25) is 0 Å². The maximum absolute atomic E-state index is 9.64. The molecule has 2 heterocycles. The van der Waals surface area contributed by atoms with Crippen LogP contribution in [0.15, 0.2) is 46.8 Å². The summed E-state index contributed by atoms with van der Waals surface area (Å²) >= 11 is 3.25. The summed E-state index contributed by atoms with van der Waals surface area (Å²) in [6.07, 6.45) is 1.96. The molecule has 0 spiro atoms. The molecule has 0 atom stereocenters. The van der Waals surface area contributed by atoms with Crippen LogP contribution in [0.3, 0.4) is 0 Å². The summed E-state index contributed by atoms with van der Waals surface area (Å²) < 4.78 is 0. The van der Waals surface area contributed by atoms with Crippen molar-refractivity contribution >= 4 is 39.7 Å². The Morgan fingerprint density at radius 3 is 2.77 bits per heavy atom. The molecule has 22 heavy (non-hydrogen) atoms. The Labute approximate surface area is 138 Å². The SMILES string of the molecule is CSc1nc2ccccc2c(N(C)Cc2cccs2)c1C#N. The Balaban J connectivity index is 2.19. The van der Waals surface area contributed by atoms with Crippen molar-refractivity contribution in [3.05, 3.63) is 52.2 Å². The first-order chi connectivity index (χ1) is 10.7. The third kappa shape index (κ3) is 2.68. The van der Waals surface area contributed by atoms with E-state index in [0.29, 0.717) is 5.56 Å². The molecule has 3 nitrogen and oxygen atoms in total. The fourth-order valence-corrected chi connectivity index (χ4v) is 3.83. The lowest BCUT2D eigenvalue weighted by Gasteiger charge is -2.22. The molecule has 5 heteroatoms. The number of hydrogen-bond donors (Lipinski definition) is 0. The second-order valence-electron chi connectivity index (χ2n) is 4.91. The van der Waals surface area contributed by atoms with E-state index in [4.69, 9.17) is 0 Å². The number of nitriles is 1. The van der Waals surface area contributed by atoms with Gasteiger partial charge >= 0.3 is 0 Å². The van der Waals surface area contributed by atoms with Crippen LogP contribution in [0.1, 0.15) is 10.4 Å². The topological polar surface area (TPSA) is 39.9 Å². The number of benzene rings is 1. The van der Waals surface area contributed by atoms with Crippen LogP contribution in [-0.4, -0.2) is 18.3 Å². The number of hydrogen-bond acceptors (Lipinski definition) is 5. The summed E-state index contributed by atoms with van der Waals surface area (Å²) in [7, 11) is 2.03. The molecular weight excluding hydrogens is 310 g/mol. The number of aromatic nitrogens is 1. The highest BCUT2D eigenvalue weighted by Gasteiger charge is 2.18. The summed E-state index contributed by atoms with van der Waals surface area (Å²) in [5, 5.41) is 13.5. The van der Waals surface area contributed by atoms with Gasteiger partial charge in [0.2, 0.25) is 0 Å². The number of thiophene rings is 1. The van der Waals surface area contributed by atoms with Gasteiger partial charge in [0, 0.05) is 17.3 Å². The standard InChI is InChI=1S/C17H15N3S2/c1-20(11-12-6-5-9-22-12)16-13-7-3-4-8-15(13)19-17(21-2)14(16)10-18/h3-9H,11H2,1-2H3. The molecule has 0 amide bonds. The molecule has 0 aliphatic heterocycles. The van der Waals surface area contributed by atoms with E-state index in [0.717, 1.165) is 28.2 Å². The molecule has 0 saturated heterocycles. The van der Waals surface area contributed by atoms with Gasteiger partial charge < -0.3 is 4.90 Å². The third-order valence-corrected chi connectivity index (χ3v) is 5.04. The Bertz CT molecular complexity index is 835. The lowest BCUT2D eigenvalue weighted by Crippen LogP contribution is -2.18. The summed E-state index contributed by atoms with van der Waals surface area (Å²) in [6.45, 7) is 0.786. The highest BCUT2D eigenvalue weighted by atomic mass is 32.2. The van der Waals surface area contributed by atoms with Gasteiger partial charge in [0.1, 0.15) is 16.7 Å². The molecule has 0 radical (unpaired) electrons. The van der Waals surface area contributed by atoms with Crippen LogP contribution < -0.4 is 4.90 Å². The van der Waals surface area contributed by atoms with Crippen molar-refractivity contribution in [3.8, 4) is 6.07 Å². The molecule has 0 aliphatic carbocycles. The second-order valence-corrected chi connectivity index (χ2v) is 6.74. The minimum Gasteiger partial charge on any atom is -0.368 e. The highest BCUT2D eigenvalue weighted by Crippen LogP contribution is 2.35. The van der Waals surface area contributed by atoms with Gasteiger partial charge in [0.05, 0.1) is 17.7 Å². The predicted octanol–water partition coefficient (Wildman–Crippen LogP) is 4.53. The van der Waals surface area contributed by atoms with E-state index < -0.39 is 0 Å². The number of pyridine rings is 1. The zero-order valence-corrected chi connectivity index (χ0v) is 14.0. The minimum atomic E-state index is 0.658. The second kappa shape index (κ2) is 6.39. The number of anilines is 1. The van der Waals surface area contributed by atoms with E-state index in [1.165, 1.54) is 16.6 Å². The molecule has 3 rings (SSSR count). The van der Waals surface area contributed by atoms with Gasteiger partial charge in [-0.15, -0.1) is 23.1 Å². The van der Waals surface area contributed by atoms with E-state index in [2.05, 4.69) is 33.5 Å². The molecule has 0 aliphatic rings. The van der Waals surface area contributed by atoms with Crippen molar-refractivity contribution in [1.29, 1.82) is 5.26 Å². The largest absolute Gasteiger partial charge is 0.368 e. The Kier molecular flexibility index (Phi) is 4.32. The molecule has 0 unspecified atom stereocenters. The lowest BCUT2D eigenvalue weighted by atomic mass is 10.1. The summed E-state index contributed by atoms with van der Waals surface area (Å²) in [5.74, 6) is 0. The molecule has 0 saturated carbocycles. The van der Waals surface area contributed by atoms with E-state index in [1.54, 1.807) is 11.3 Å². The van der Waals surface area contributed by atoms with Crippen LogP contribution in [0.4, 0.5) is 5.69 Å². The van der Waals surface area contributed by atoms with Crippen molar-refractivity contribution in [3.63, 3.8) is 0 Å². The summed E-state index contributed by atoms with van der Waals surface area (Å²) in [6, 6.07) is 14.5. The van der Waals surface area contributed by atoms with Crippen molar-refractivity contribution in [2.45, 2.75) is 11.6 Å². The Morgan fingerprint density at radius 1 is 1.27 bits per heavy atom. The molecule has 2 aromatic heterocycles. The molecule has 1 aromatic carbocycles. The van der Waals surface area contributed by atoms with Crippen molar-refractivity contribution in [1.82, 2.24) is 4.98 Å². The van der Waals surface area contributed by atoms with E-state index in [-0.39, 0.29) is 0 Å². The van der Waals surface area contributed by atoms with Gasteiger partial charge in [-0.05, 0) is 23.8 Å². The lowest BCUT2D eigenvalue weighted by molar-refractivity contribution is 0.934. The smallest absolute Gasteiger partial charge is 0.116 e. The number of rotatable bonds is 4. The zero-order valence-electron chi connectivity index (χ0n) is 12.4. The number of para-hydroxylation sites is 1. The van der Waals surface area contributed by atoms with Crippen LogP contribution in [0.5, 0.6) is 0 Å². The Morgan fingerprint density at radius 2 is 2.09 bits per heavy atom.